The van der Waals surface area contributed by atoms with Crippen LogP contribution in [0.5, 0.6) is 0 Å². The summed E-state index contributed by atoms with van der Waals surface area (Å²) in [4.78, 5) is 29.7. The van der Waals surface area contributed by atoms with Crippen molar-refractivity contribution in [3.8, 4) is 0 Å². The highest BCUT2D eigenvalue weighted by Crippen LogP contribution is 2.25. The molecule has 32 heavy (non-hydrogen) atoms. The summed E-state index contributed by atoms with van der Waals surface area (Å²) >= 11 is 1.57. The van der Waals surface area contributed by atoms with Crippen molar-refractivity contribution in [2.45, 2.75) is 51.0 Å². The topological polar surface area (TPSA) is 79.0 Å². The van der Waals surface area contributed by atoms with Crippen molar-refractivity contribution in [1.29, 1.82) is 0 Å². The highest BCUT2D eigenvalue weighted by Gasteiger charge is 2.16. The number of aryl methyl sites for hydroxylation is 1. The number of nitrogens with zero attached hydrogens (tertiary/aromatic N) is 4. The van der Waals surface area contributed by atoms with Gasteiger partial charge < -0.3 is 9.30 Å². The van der Waals surface area contributed by atoms with Crippen molar-refractivity contribution in [3.63, 3.8) is 0 Å². The van der Waals surface area contributed by atoms with E-state index >= 15 is 0 Å². The molecule has 1 unspecified atom stereocenters. The molecule has 0 bridgehead atoms. The Balaban J connectivity index is 1.44. The van der Waals surface area contributed by atoms with Crippen LogP contribution < -0.4 is 5.56 Å². The summed E-state index contributed by atoms with van der Waals surface area (Å²) in [6, 6.07) is 15.2. The molecule has 0 radical (unpaired) electrons. The molecule has 0 N–H and O–H groups in total. The Morgan fingerprint density at radius 1 is 1.16 bits per heavy atom. The molecule has 2 aromatic heterocycles. The van der Waals surface area contributed by atoms with Gasteiger partial charge in [0.1, 0.15) is 6.54 Å². The normalized spacial score (nSPS) is 12.3. The molecule has 4 rings (SSSR count). The quantitative estimate of drug-likeness (QED) is 0.215. The van der Waals surface area contributed by atoms with Crippen molar-refractivity contribution in [1.82, 2.24) is 19.3 Å². The van der Waals surface area contributed by atoms with Crippen LogP contribution in [0, 0.1) is 0 Å². The summed E-state index contributed by atoms with van der Waals surface area (Å²) in [5.74, 6) is 0.473. The van der Waals surface area contributed by atoms with E-state index in [-0.39, 0.29) is 24.2 Å². The molecule has 8 heteroatoms. The van der Waals surface area contributed by atoms with Crippen LogP contribution in [-0.4, -0.2) is 37.2 Å². The summed E-state index contributed by atoms with van der Waals surface area (Å²) in [6.07, 6.45) is 3.14. The molecule has 0 aliphatic rings. The summed E-state index contributed by atoms with van der Waals surface area (Å²) in [6.45, 7) is 4.52. The Hall–Kier alpha value is -3.13. The maximum absolute atomic E-state index is 12.6. The zero-order chi connectivity index (χ0) is 22.5. The highest BCUT2D eigenvalue weighted by atomic mass is 32.2. The smallest absolute Gasteiger partial charge is 0.326 e. The third kappa shape index (κ3) is 4.85. The average Bonchev–Trinajstić information content (AvgIpc) is 3.15. The van der Waals surface area contributed by atoms with Crippen LogP contribution in [0.4, 0.5) is 0 Å². The van der Waals surface area contributed by atoms with Gasteiger partial charge in [0.15, 0.2) is 5.16 Å². The molecule has 0 amide bonds. The van der Waals surface area contributed by atoms with E-state index in [0.29, 0.717) is 11.9 Å². The van der Waals surface area contributed by atoms with E-state index < -0.39 is 0 Å². The van der Waals surface area contributed by atoms with E-state index in [1.165, 1.54) is 4.68 Å². The Bertz CT molecular complexity index is 1300. The first-order chi connectivity index (χ1) is 15.6. The number of carbonyl (C=O) groups is 1. The molecule has 1 atom stereocenters. The van der Waals surface area contributed by atoms with Gasteiger partial charge in [-0.3, -0.25) is 9.59 Å². The molecule has 2 heterocycles. The maximum Gasteiger partial charge on any atom is 0.326 e. The summed E-state index contributed by atoms with van der Waals surface area (Å²) in [5.41, 5.74) is 1.68. The predicted molar refractivity (Wildman–Crippen MR) is 127 cm³/mol. The molecule has 0 fully saturated rings. The van der Waals surface area contributed by atoms with Crippen LogP contribution in [-0.2, 0) is 22.6 Å². The zero-order valence-electron chi connectivity index (χ0n) is 18.2. The van der Waals surface area contributed by atoms with Gasteiger partial charge in [0.2, 0.25) is 0 Å². The van der Waals surface area contributed by atoms with Crippen molar-refractivity contribution in [2.75, 3.05) is 5.75 Å². The molecule has 0 aliphatic heterocycles. The Morgan fingerprint density at radius 3 is 2.78 bits per heavy atom. The SMILES string of the molecule is CCC(C)OC(=O)Cn1c(SCCCn2ncc3ccccc3c2=O)nc2ccccc21. The molecular formula is C24H26N4O3S. The minimum Gasteiger partial charge on any atom is -0.461 e. The van der Waals surface area contributed by atoms with Crippen LogP contribution in [0.25, 0.3) is 21.8 Å². The predicted octanol–water partition coefficient (Wildman–Crippen LogP) is 4.27. The first-order valence-corrected chi connectivity index (χ1v) is 11.8. The molecular weight excluding hydrogens is 424 g/mol. The standard InChI is InChI=1S/C24H26N4O3S/c1-3-17(2)31-22(29)16-27-21-12-7-6-11-20(21)26-24(27)32-14-8-13-28-23(30)19-10-5-4-9-18(19)15-25-28/h4-7,9-12,15,17H,3,8,13-14,16H2,1-2H3. The van der Waals surface area contributed by atoms with E-state index in [0.717, 1.165) is 40.2 Å². The fourth-order valence-electron chi connectivity index (χ4n) is 3.46. The number of ether oxygens (including phenoxy) is 1. The van der Waals surface area contributed by atoms with Gasteiger partial charge >= 0.3 is 5.97 Å². The summed E-state index contributed by atoms with van der Waals surface area (Å²) in [5, 5.41) is 6.59. The number of aromatic nitrogens is 4. The van der Waals surface area contributed by atoms with Gasteiger partial charge in [0.25, 0.3) is 5.56 Å². The summed E-state index contributed by atoms with van der Waals surface area (Å²) in [7, 11) is 0. The molecule has 2 aromatic carbocycles. The number of fused-ring (bicyclic) bond motifs is 2. The van der Waals surface area contributed by atoms with E-state index in [9.17, 15) is 9.59 Å². The van der Waals surface area contributed by atoms with Crippen molar-refractivity contribution < 1.29 is 9.53 Å². The number of thioether (sulfide) groups is 1. The molecule has 0 saturated carbocycles. The van der Waals surface area contributed by atoms with Gasteiger partial charge in [0.05, 0.1) is 28.7 Å². The van der Waals surface area contributed by atoms with Gasteiger partial charge in [-0.05, 0) is 38.0 Å². The monoisotopic (exact) mass is 450 g/mol. The number of hydrogen-bond acceptors (Lipinski definition) is 6. The van der Waals surface area contributed by atoms with E-state index in [1.807, 2.05) is 66.9 Å². The number of benzene rings is 2. The fourth-order valence-corrected chi connectivity index (χ4v) is 4.39. The lowest BCUT2D eigenvalue weighted by atomic mass is 10.2. The van der Waals surface area contributed by atoms with Crippen molar-refractivity contribution in [2.24, 2.45) is 0 Å². The molecule has 0 spiro atoms. The Morgan fingerprint density at radius 2 is 1.94 bits per heavy atom. The maximum atomic E-state index is 12.6. The lowest BCUT2D eigenvalue weighted by Gasteiger charge is -2.13. The van der Waals surface area contributed by atoms with E-state index in [1.54, 1.807) is 18.0 Å². The van der Waals surface area contributed by atoms with Gasteiger partial charge in [-0.25, -0.2) is 9.67 Å². The van der Waals surface area contributed by atoms with Crippen molar-refractivity contribution in [3.05, 3.63) is 65.1 Å². The zero-order valence-corrected chi connectivity index (χ0v) is 19.0. The van der Waals surface area contributed by atoms with Crippen LogP contribution in [0.3, 0.4) is 0 Å². The number of imidazole rings is 1. The number of esters is 1. The molecule has 4 aromatic rings. The van der Waals surface area contributed by atoms with Gasteiger partial charge in [-0.2, -0.15) is 5.10 Å². The van der Waals surface area contributed by atoms with Crippen LogP contribution in [0.2, 0.25) is 0 Å². The third-order valence-electron chi connectivity index (χ3n) is 5.32. The van der Waals surface area contributed by atoms with E-state index in [4.69, 9.17) is 9.72 Å². The van der Waals surface area contributed by atoms with Gasteiger partial charge in [-0.1, -0.05) is 49.0 Å². The van der Waals surface area contributed by atoms with Crippen molar-refractivity contribution >= 4 is 39.5 Å². The number of carbonyl (C=O) groups excluding carboxylic acids is 1. The Labute approximate surface area is 190 Å². The second kappa shape index (κ2) is 9.99. The van der Waals surface area contributed by atoms with E-state index in [2.05, 4.69) is 5.10 Å². The molecule has 166 valence electrons. The second-order valence-corrected chi connectivity index (χ2v) is 8.70. The van der Waals surface area contributed by atoms with Gasteiger partial charge in [-0.15, -0.1) is 0 Å². The lowest BCUT2D eigenvalue weighted by molar-refractivity contribution is -0.149. The molecule has 0 aliphatic carbocycles. The van der Waals surface area contributed by atoms with Gasteiger partial charge in [0, 0.05) is 17.7 Å². The average molecular weight is 451 g/mol. The first-order valence-electron chi connectivity index (χ1n) is 10.8. The molecule has 7 nitrogen and oxygen atoms in total. The highest BCUT2D eigenvalue weighted by molar-refractivity contribution is 7.99. The minimum absolute atomic E-state index is 0.0758. The molecule has 0 saturated heterocycles. The first kappa shape index (κ1) is 22.1. The number of hydrogen-bond donors (Lipinski definition) is 0. The minimum atomic E-state index is -0.267. The summed E-state index contributed by atoms with van der Waals surface area (Å²) < 4.78 is 8.88. The fraction of sp³-hybridized carbons (Fsp3) is 0.333. The largest absolute Gasteiger partial charge is 0.461 e. The van der Waals surface area contributed by atoms with Crippen LogP contribution >= 0.6 is 11.8 Å². The number of para-hydroxylation sites is 2. The lowest BCUT2D eigenvalue weighted by Crippen LogP contribution is -2.23. The van der Waals surface area contributed by atoms with Crippen LogP contribution in [0.15, 0.2) is 64.7 Å². The Kier molecular flexibility index (Phi) is 6.90. The second-order valence-electron chi connectivity index (χ2n) is 7.64. The van der Waals surface area contributed by atoms with Crippen LogP contribution in [0.1, 0.15) is 26.7 Å². The third-order valence-corrected chi connectivity index (χ3v) is 6.38. The number of rotatable bonds is 9.